The maximum Gasteiger partial charge on any atom is 0.137 e. The first-order chi connectivity index (χ1) is 12.8. The first-order valence-corrected chi connectivity index (χ1v) is 9.22. The second-order valence-electron chi connectivity index (χ2n) is 6.38. The van der Waals surface area contributed by atoms with E-state index in [2.05, 4.69) is 34.3 Å². The minimum absolute atomic E-state index is 0.713. The number of unbranched alkanes of at least 4 members (excludes halogenated alkanes) is 2. The summed E-state index contributed by atoms with van der Waals surface area (Å²) in [6.45, 7) is 3.78. The highest BCUT2D eigenvalue weighted by molar-refractivity contribution is 5.91. The predicted octanol–water partition coefficient (Wildman–Crippen LogP) is 4.44. The van der Waals surface area contributed by atoms with Gasteiger partial charge in [-0.05, 0) is 48.7 Å². The Bertz CT molecular complexity index is 833. The Morgan fingerprint density at radius 3 is 2.69 bits per heavy atom. The minimum Gasteiger partial charge on any atom is -0.494 e. The fourth-order valence-electron chi connectivity index (χ4n) is 2.83. The standard InChI is InChI=1S/C21H26N4O/c1-2-3-4-13-26-18-8-5-16(6-9-18)11-12-23-21-19-14-17(22)7-10-20(19)24-15-25-21/h5-10,14-15H,2-4,11-13,22H2,1H3,(H,23,24,25). The van der Waals surface area contributed by atoms with Crippen molar-refractivity contribution in [2.75, 3.05) is 24.2 Å². The molecule has 0 amide bonds. The van der Waals surface area contributed by atoms with Crippen LogP contribution >= 0.6 is 0 Å². The third-order valence-electron chi connectivity index (χ3n) is 4.31. The van der Waals surface area contributed by atoms with Gasteiger partial charge in [0, 0.05) is 17.6 Å². The van der Waals surface area contributed by atoms with E-state index in [1.165, 1.54) is 18.4 Å². The van der Waals surface area contributed by atoms with Gasteiger partial charge in [-0.3, -0.25) is 0 Å². The summed E-state index contributed by atoms with van der Waals surface area (Å²) in [7, 11) is 0. The third kappa shape index (κ3) is 4.85. The molecule has 0 fully saturated rings. The van der Waals surface area contributed by atoms with Gasteiger partial charge in [-0.2, -0.15) is 0 Å². The molecule has 2 aromatic carbocycles. The summed E-state index contributed by atoms with van der Waals surface area (Å²) >= 11 is 0. The quantitative estimate of drug-likeness (QED) is 0.441. The molecule has 3 rings (SSSR count). The molecule has 26 heavy (non-hydrogen) atoms. The number of nitrogen functional groups attached to an aromatic ring is 1. The summed E-state index contributed by atoms with van der Waals surface area (Å²) in [4.78, 5) is 8.62. The minimum atomic E-state index is 0.713. The first-order valence-electron chi connectivity index (χ1n) is 9.22. The van der Waals surface area contributed by atoms with E-state index in [0.717, 1.165) is 48.5 Å². The fraction of sp³-hybridized carbons (Fsp3) is 0.333. The molecule has 0 aliphatic rings. The number of fused-ring (bicyclic) bond motifs is 1. The molecule has 0 atom stereocenters. The molecule has 0 bridgehead atoms. The van der Waals surface area contributed by atoms with Crippen molar-refractivity contribution in [3.05, 3.63) is 54.4 Å². The van der Waals surface area contributed by atoms with Crippen LogP contribution in [0.2, 0.25) is 0 Å². The van der Waals surface area contributed by atoms with Crippen molar-refractivity contribution in [3.63, 3.8) is 0 Å². The number of hydrogen-bond acceptors (Lipinski definition) is 5. The van der Waals surface area contributed by atoms with E-state index in [1.807, 2.05) is 30.3 Å². The number of nitrogens with two attached hydrogens (primary N) is 1. The van der Waals surface area contributed by atoms with Gasteiger partial charge < -0.3 is 15.8 Å². The maximum atomic E-state index is 5.88. The molecular formula is C21H26N4O. The van der Waals surface area contributed by atoms with E-state index in [1.54, 1.807) is 6.33 Å². The summed E-state index contributed by atoms with van der Waals surface area (Å²) in [6, 6.07) is 14.0. The topological polar surface area (TPSA) is 73.1 Å². The monoisotopic (exact) mass is 350 g/mol. The van der Waals surface area contributed by atoms with E-state index < -0.39 is 0 Å². The molecule has 3 aromatic rings. The third-order valence-corrected chi connectivity index (χ3v) is 4.31. The van der Waals surface area contributed by atoms with Gasteiger partial charge in [0.05, 0.1) is 12.1 Å². The fourth-order valence-corrected chi connectivity index (χ4v) is 2.83. The van der Waals surface area contributed by atoms with Gasteiger partial charge >= 0.3 is 0 Å². The summed E-state index contributed by atoms with van der Waals surface area (Å²) in [6.07, 6.45) is 6.02. The van der Waals surface area contributed by atoms with Crippen LogP contribution in [0.5, 0.6) is 5.75 Å². The number of nitrogens with zero attached hydrogens (tertiary/aromatic N) is 2. The molecule has 0 aliphatic carbocycles. The number of hydrogen-bond donors (Lipinski definition) is 2. The van der Waals surface area contributed by atoms with Crippen LogP contribution in [0.4, 0.5) is 11.5 Å². The van der Waals surface area contributed by atoms with Crippen LogP contribution in [0.1, 0.15) is 31.7 Å². The van der Waals surface area contributed by atoms with Crippen molar-refractivity contribution < 1.29 is 4.74 Å². The number of nitrogens with one attached hydrogen (secondary N) is 1. The SMILES string of the molecule is CCCCCOc1ccc(CCNc2ncnc3ccc(N)cc23)cc1. The molecule has 5 nitrogen and oxygen atoms in total. The summed E-state index contributed by atoms with van der Waals surface area (Å²) in [5, 5.41) is 4.34. The summed E-state index contributed by atoms with van der Waals surface area (Å²) in [5.74, 6) is 1.76. The van der Waals surface area contributed by atoms with Crippen molar-refractivity contribution in [1.82, 2.24) is 9.97 Å². The van der Waals surface area contributed by atoms with Gasteiger partial charge in [-0.15, -0.1) is 0 Å². The van der Waals surface area contributed by atoms with E-state index in [9.17, 15) is 0 Å². The highest BCUT2D eigenvalue weighted by atomic mass is 16.5. The smallest absolute Gasteiger partial charge is 0.137 e. The molecule has 3 N–H and O–H groups in total. The van der Waals surface area contributed by atoms with Gasteiger partial charge in [-0.1, -0.05) is 31.9 Å². The van der Waals surface area contributed by atoms with E-state index in [0.29, 0.717) is 5.69 Å². The van der Waals surface area contributed by atoms with Crippen LogP contribution in [0.25, 0.3) is 10.9 Å². The Morgan fingerprint density at radius 1 is 1.04 bits per heavy atom. The van der Waals surface area contributed by atoms with Crippen LogP contribution < -0.4 is 15.8 Å². The lowest BCUT2D eigenvalue weighted by molar-refractivity contribution is 0.306. The van der Waals surface area contributed by atoms with Crippen LogP contribution in [-0.4, -0.2) is 23.1 Å². The Hall–Kier alpha value is -2.82. The van der Waals surface area contributed by atoms with Crippen molar-refractivity contribution in [2.24, 2.45) is 0 Å². The van der Waals surface area contributed by atoms with Crippen molar-refractivity contribution in [2.45, 2.75) is 32.6 Å². The number of ether oxygens (including phenoxy) is 1. The largest absolute Gasteiger partial charge is 0.494 e. The van der Waals surface area contributed by atoms with Crippen LogP contribution in [0.3, 0.4) is 0 Å². The maximum absolute atomic E-state index is 5.88. The molecule has 0 radical (unpaired) electrons. The van der Waals surface area contributed by atoms with Gasteiger partial charge in [-0.25, -0.2) is 9.97 Å². The number of aromatic nitrogens is 2. The van der Waals surface area contributed by atoms with Crippen LogP contribution in [-0.2, 0) is 6.42 Å². The Balaban J connectivity index is 1.53. The van der Waals surface area contributed by atoms with Crippen LogP contribution in [0, 0.1) is 0 Å². The lowest BCUT2D eigenvalue weighted by atomic mass is 10.1. The van der Waals surface area contributed by atoms with Gasteiger partial charge in [0.25, 0.3) is 0 Å². The molecule has 5 heteroatoms. The zero-order valence-electron chi connectivity index (χ0n) is 15.2. The van der Waals surface area contributed by atoms with Crippen molar-refractivity contribution in [3.8, 4) is 5.75 Å². The highest BCUT2D eigenvalue weighted by Crippen LogP contribution is 2.21. The normalized spacial score (nSPS) is 10.8. The molecule has 0 saturated carbocycles. The van der Waals surface area contributed by atoms with Gasteiger partial charge in [0.15, 0.2) is 0 Å². The molecule has 1 aromatic heterocycles. The summed E-state index contributed by atoms with van der Waals surface area (Å²) in [5.41, 5.74) is 8.75. The zero-order valence-corrected chi connectivity index (χ0v) is 15.2. The molecule has 1 heterocycles. The van der Waals surface area contributed by atoms with Gasteiger partial charge in [0.2, 0.25) is 0 Å². The van der Waals surface area contributed by atoms with Crippen molar-refractivity contribution in [1.29, 1.82) is 0 Å². The first kappa shape index (κ1) is 18.0. The Labute approximate surface area is 154 Å². The number of rotatable bonds is 9. The molecule has 0 spiro atoms. The molecule has 0 aliphatic heterocycles. The lowest BCUT2D eigenvalue weighted by Gasteiger charge is -2.10. The van der Waals surface area contributed by atoms with E-state index in [4.69, 9.17) is 10.5 Å². The second-order valence-corrected chi connectivity index (χ2v) is 6.38. The predicted molar refractivity (Wildman–Crippen MR) is 108 cm³/mol. The van der Waals surface area contributed by atoms with Gasteiger partial charge in [0.1, 0.15) is 17.9 Å². The number of benzene rings is 2. The Morgan fingerprint density at radius 2 is 1.88 bits per heavy atom. The molecule has 136 valence electrons. The molecule has 0 unspecified atom stereocenters. The molecular weight excluding hydrogens is 324 g/mol. The van der Waals surface area contributed by atoms with Crippen LogP contribution in [0.15, 0.2) is 48.8 Å². The zero-order chi connectivity index (χ0) is 18.2. The average molecular weight is 350 g/mol. The summed E-state index contributed by atoms with van der Waals surface area (Å²) < 4.78 is 5.75. The van der Waals surface area contributed by atoms with E-state index >= 15 is 0 Å². The van der Waals surface area contributed by atoms with Crippen molar-refractivity contribution >= 4 is 22.4 Å². The average Bonchev–Trinajstić information content (AvgIpc) is 2.67. The highest BCUT2D eigenvalue weighted by Gasteiger charge is 2.04. The van der Waals surface area contributed by atoms with E-state index in [-0.39, 0.29) is 0 Å². The Kier molecular flexibility index (Phi) is 6.25. The lowest BCUT2D eigenvalue weighted by Crippen LogP contribution is -2.07. The second kappa shape index (κ2) is 9.04. The molecule has 0 saturated heterocycles. The number of anilines is 2.